The monoisotopic (exact) mass is 414 g/mol. The number of rotatable bonds is 5. The minimum absolute atomic E-state index is 0.104. The summed E-state index contributed by atoms with van der Waals surface area (Å²) < 4.78 is 16.4. The predicted molar refractivity (Wildman–Crippen MR) is 112 cm³/mol. The van der Waals surface area contributed by atoms with Gasteiger partial charge < -0.3 is 24.4 Å². The number of benzene rings is 1. The van der Waals surface area contributed by atoms with Gasteiger partial charge in [0, 0.05) is 31.0 Å². The quantitative estimate of drug-likeness (QED) is 0.773. The molecule has 1 saturated heterocycles. The number of ether oxygens (including phenoxy) is 3. The van der Waals surface area contributed by atoms with E-state index in [-0.39, 0.29) is 17.9 Å². The summed E-state index contributed by atoms with van der Waals surface area (Å²) in [6.07, 6.45) is 3.38. The molecule has 2 N–H and O–H groups in total. The average Bonchev–Trinajstić information content (AvgIpc) is 2.77. The summed E-state index contributed by atoms with van der Waals surface area (Å²) in [4.78, 5) is 35.2. The first-order chi connectivity index (χ1) is 14.6. The summed E-state index contributed by atoms with van der Waals surface area (Å²) in [6.45, 7) is 1.67. The molecule has 160 valence electrons. The molecule has 1 amide bonds. The van der Waals surface area contributed by atoms with Gasteiger partial charge in [0.15, 0.2) is 11.5 Å². The summed E-state index contributed by atoms with van der Waals surface area (Å²) in [5, 5.41) is 2.78. The van der Waals surface area contributed by atoms with E-state index in [1.165, 1.54) is 27.8 Å². The van der Waals surface area contributed by atoms with Crippen LogP contribution < -0.4 is 30.0 Å². The van der Waals surface area contributed by atoms with Crippen LogP contribution in [0.4, 0.5) is 11.8 Å². The lowest BCUT2D eigenvalue weighted by atomic mass is 9.86. The maximum atomic E-state index is 13.1. The number of nitrogens with zero attached hydrogens (tertiary/aromatic N) is 2. The second-order valence-corrected chi connectivity index (χ2v) is 7.43. The van der Waals surface area contributed by atoms with E-state index in [2.05, 4.69) is 20.2 Å². The molecule has 0 aliphatic carbocycles. The van der Waals surface area contributed by atoms with Crippen LogP contribution in [0.15, 0.2) is 16.9 Å². The van der Waals surface area contributed by atoms with Crippen molar-refractivity contribution >= 4 is 17.7 Å². The van der Waals surface area contributed by atoms with Crippen molar-refractivity contribution in [2.75, 3.05) is 44.6 Å². The number of amides is 1. The van der Waals surface area contributed by atoms with E-state index < -0.39 is 5.92 Å². The Labute approximate surface area is 174 Å². The number of methoxy groups -OCH3 is 3. The smallest absolute Gasteiger partial charge is 0.258 e. The lowest BCUT2D eigenvalue weighted by Crippen LogP contribution is -2.36. The Bertz CT molecular complexity index is 1010. The standard InChI is InChI=1S/C21H26N4O5/c1-28-14-8-7-12(17(29-2)18(14)30-3)13-11-15(26)22-19-16(13)20(27)24-21(23-19)25-9-5-4-6-10-25/h7-8,13H,4-6,9-11H2,1-3H3,(H2,22,23,24,26,27)/t13-/m1/s1. The number of carbonyl (C=O) groups excluding carboxylic acids is 1. The van der Waals surface area contributed by atoms with E-state index in [0.29, 0.717) is 40.1 Å². The molecule has 9 heteroatoms. The maximum Gasteiger partial charge on any atom is 0.258 e. The lowest BCUT2D eigenvalue weighted by Gasteiger charge is -2.30. The van der Waals surface area contributed by atoms with E-state index in [4.69, 9.17) is 14.2 Å². The topological polar surface area (TPSA) is 106 Å². The van der Waals surface area contributed by atoms with Crippen LogP contribution in [0.2, 0.25) is 0 Å². The van der Waals surface area contributed by atoms with Crippen molar-refractivity contribution in [1.82, 2.24) is 9.97 Å². The largest absolute Gasteiger partial charge is 0.493 e. The van der Waals surface area contributed by atoms with Gasteiger partial charge in [0.05, 0.1) is 26.9 Å². The molecule has 2 aliphatic heterocycles. The molecule has 1 aromatic heterocycles. The fourth-order valence-electron chi connectivity index (χ4n) is 4.28. The Kier molecular flexibility index (Phi) is 5.52. The SMILES string of the molecule is COc1ccc([C@H]2CC(=O)Nc3nc(N4CCCCC4)[nH]c(=O)c32)c(OC)c1OC. The zero-order valence-corrected chi connectivity index (χ0v) is 17.4. The highest BCUT2D eigenvalue weighted by Gasteiger charge is 2.34. The third-order valence-electron chi connectivity index (χ3n) is 5.70. The molecular formula is C21H26N4O5. The minimum atomic E-state index is -0.518. The summed E-state index contributed by atoms with van der Waals surface area (Å²) >= 11 is 0. The maximum absolute atomic E-state index is 13.1. The second kappa shape index (κ2) is 8.25. The highest BCUT2D eigenvalue weighted by molar-refractivity contribution is 5.94. The molecule has 4 rings (SSSR count). The van der Waals surface area contributed by atoms with Crippen LogP contribution in [0.5, 0.6) is 17.2 Å². The molecule has 1 fully saturated rings. The molecule has 1 atom stereocenters. The zero-order valence-electron chi connectivity index (χ0n) is 17.4. The third kappa shape index (κ3) is 3.44. The molecule has 2 aromatic rings. The van der Waals surface area contributed by atoms with Crippen molar-refractivity contribution in [3.8, 4) is 17.2 Å². The summed E-state index contributed by atoms with van der Waals surface area (Å²) in [7, 11) is 4.58. The molecular weight excluding hydrogens is 388 g/mol. The number of aromatic nitrogens is 2. The van der Waals surface area contributed by atoms with Crippen LogP contribution in [-0.2, 0) is 4.79 Å². The van der Waals surface area contributed by atoms with Gasteiger partial charge in [-0.15, -0.1) is 0 Å². The van der Waals surface area contributed by atoms with Gasteiger partial charge in [-0.1, -0.05) is 6.07 Å². The number of carbonyl (C=O) groups is 1. The summed E-state index contributed by atoms with van der Waals surface area (Å²) in [5.74, 6) is 1.44. The van der Waals surface area contributed by atoms with E-state index in [9.17, 15) is 9.59 Å². The lowest BCUT2D eigenvalue weighted by molar-refractivity contribution is -0.116. The second-order valence-electron chi connectivity index (χ2n) is 7.43. The number of nitrogens with one attached hydrogen (secondary N) is 2. The molecule has 0 unspecified atom stereocenters. The van der Waals surface area contributed by atoms with Gasteiger partial charge in [-0.3, -0.25) is 14.6 Å². The third-order valence-corrected chi connectivity index (χ3v) is 5.70. The molecule has 0 saturated carbocycles. The Morgan fingerprint density at radius 2 is 1.73 bits per heavy atom. The molecule has 30 heavy (non-hydrogen) atoms. The van der Waals surface area contributed by atoms with E-state index >= 15 is 0 Å². The van der Waals surface area contributed by atoms with Gasteiger partial charge in [-0.2, -0.15) is 4.98 Å². The van der Waals surface area contributed by atoms with Gasteiger partial charge in [0.2, 0.25) is 17.6 Å². The van der Waals surface area contributed by atoms with Crippen LogP contribution in [-0.4, -0.2) is 50.3 Å². The first-order valence-electron chi connectivity index (χ1n) is 10.0. The Hall–Kier alpha value is -3.23. The van der Waals surface area contributed by atoms with E-state index in [1.807, 2.05) is 0 Å². The first-order valence-corrected chi connectivity index (χ1v) is 10.0. The van der Waals surface area contributed by atoms with Crippen molar-refractivity contribution in [2.24, 2.45) is 0 Å². The molecule has 1 aromatic carbocycles. The summed E-state index contributed by atoms with van der Waals surface area (Å²) in [5.41, 5.74) is 0.826. The number of fused-ring (bicyclic) bond motifs is 1. The van der Waals surface area contributed by atoms with Gasteiger partial charge in [0.25, 0.3) is 5.56 Å². The van der Waals surface area contributed by atoms with Crippen molar-refractivity contribution in [3.05, 3.63) is 33.6 Å². The number of aromatic amines is 1. The van der Waals surface area contributed by atoms with Crippen LogP contribution in [0, 0.1) is 0 Å². The van der Waals surface area contributed by atoms with Crippen LogP contribution >= 0.6 is 0 Å². The molecule has 9 nitrogen and oxygen atoms in total. The molecule has 3 heterocycles. The first kappa shape index (κ1) is 20.1. The fraction of sp³-hybridized carbons (Fsp3) is 0.476. The average molecular weight is 414 g/mol. The van der Waals surface area contributed by atoms with Crippen molar-refractivity contribution < 1.29 is 19.0 Å². The number of H-pyrrole nitrogens is 1. The highest BCUT2D eigenvalue weighted by atomic mass is 16.5. The van der Waals surface area contributed by atoms with Crippen molar-refractivity contribution in [3.63, 3.8) is 0 Å². The van der Waals surface area contributed by atoms with Crippen LogP contribution in [0.3, 0.4) is 0 Å². The predicted octanol–water partition coefficient (Wildman–Crippen LogP) is 2.26. The molecule has 0 spiro atoms. The molecule has 0 radical (unpaired) electrons. The number of hydrogen-bond donors (Lipinski definition) is 2. The number of hydrogen-bond acceptors (Lipinski definition) is 7. The molecule has 0 bridgehead atoms. The van der Waals surface area contributed by atoms with Gasteiger partial charge in [0.1, 0.15) is 5.82 Å². The normalized spacial score (nSPS) is 18.4. The van der Waals surface area contributed by atoms with E-state index in [0.717, 1.165) is 25.9 Å². The minimum Gasteiger partial charge on any atom is -0.493 e. The van der Waals surface area contributed by atoms with Crippen molar-refractivity contribution in [1.29, 1.82) is 0 Å². The summed E-state index contributed by atoms with van der Waals surface area (Å²) in [6, 6.07) is 3.54. The number of piperidine rings is 1. The number of anilines is 2. The van der Waals surface area contributed by atoms with Crippen molar-refractivity contribution in [2.45, 2.75) is 31.6 Å². The van der Waals surface area contributed by atoms with Gasteiger partial charge in [-0.25, -0.2) is 0 Å². The highest BCUT2D eigenvalue weighted by Crippen LogP contribution is 2.46. The van der Waals surface area contributed by atoms with Gasteiger partial charge in [-0.05, 0) is 25.3 Å². The van der Waals surface area contributed by atoms with Gasteiger partial charge >= 0.3 is 0 Å². The fourth-order valence-corrected chi connectivity index (χ4v) is 4.28. The van der Waals surface area contributed by atoms with Crippen LogP contribution in [0.25, 0.3) is 0 Å². The zero-order chi connectivity index (χ0) is 21.3. The Morgan fingerprint density at radius 3 is 2.40 bits per heavy atom. The molecule has 2 aliphatic rings. The Morgan fingerprint density at radius 1 is 1.00 bits per heavy atom. The van der Waals surface area contributed by atoms with Crippen LogP contribution in [0.1, 0.15) is 42.7 Å². The Balaban J connectivity index is 1.83. The van der Waals surface area contributed by atoms with E-state index in [1.54, 1.807) is 12.1 Å².